The van der Waals surface area contributed by atoms with Crippen LogP contribution in [0.25, 0.3) is 10.9 Å². The van der Waals surface area contributed by atoms with Gasteiger partial charge in [0.25, 0.3) is 5.91 Å². The minimum atomic E-state index is -4.50. The third-order valence-corrected chi connectivity index (χ3v) is 4.42. The average molecular weight is 405 g/mol. The van der Waals surface area contributed by atoms with E-state index in [2.05, 4.69) is 10.3 Å². The fraction of sp³-hybridized carbons (Fsp3) is 0.200. The molecule has 152 valence electrons. The molecule has 2 aromatic carbocycles. The van der Waals surface area contributed by atoms with E-state index in [4.69, 9.17) is 15.2 Å². The van der Waals surface area contributed by atoms with Gasteiger partial charge in [0.05, 0.1) is 36.6 Å². The number of aromatic nitrogens is 1. The number of primary amides is 1. The number of alkyl halides is 3. The summed E-state index contributed by atoms with van der Waals surface area (Å²) in [5.74, 6) is 0.0376. The number of halogens is 3. The number of benzene rings is 2. The van der Waals surface area contributed by atoms with E-state index >= 15 is 0 Å². The van der Waals surface area contributed by atoms with Crippen LogP contribution < -0.4 is 20.5 Å². The van der Waals surface area contributed by atoms with Gasteiger partial charge in [0.1, 0.15) is 0 Å². The second-order valence-electron chi connectivity index (χ2n) is 6.14. The number of hydrogen-bond donors (Lipinski definition) is 2. The highest BCUT2D eigenvalue weighted by Gasteiger charge is 2.32. The molecule has 0 aliphatic carbocycles. The van der Waals surface area contributed by atoms with Crippen molar-refractivity contribution in [2.45, 2.75) is 12.7 Å². The molecule has 0 saturated carbocycles. The van der Waals surface area contributed by atoms with E-state index in [1.807, 2.05) is 0 Å². The van der Waals surface area contributed by atoms with Crippen LogP contribution in [-0.2, 0) is 12.7 Å². The Hall–Kier alpha value is -3.49. The maximum absolute atomic E-state index is 13.3. The first-order chi connectivity index (χ1) is 13.8. The minimum Gasteiger partial charge on any atom is -0.493 e. The Morgan fingerprint density at radius 1 is 1.14 bits per heavy atom. The molecule has 0 unspecified atom stereocenters. The largest absolute Gasteiger partial charge is 0.493 e. The molecule has 0 aliphatic rings. The van der Waals surface area contributed by atoms with Gasteiger partial charge < -0.3 is 20.5 Å². The number of nitrogens with one attached hydrogen (secondary N) is 1. The second-order valence-corrected chi connectivity index (χ2v) is 6.14. The van der Waals surface area contributed by atoms with Crippen LogP contribution in [0, 0.1) is 0 Å². The molecule has 3 rings (SSSR count). The summed E-state index contributed by atoms with van der Waals surface area (Å²) in [4.78, 5) is 16.1. The van der Waals surface area contributed by atoms with Gasteiger partial charge in [-0.1, -0.05) is 18.2 Å². The van der Waals surface area contributed by atoms with E-state index in [9.17, 15) is 18.0 Å². The fourth-order valence-corrected chi connectivity index (χ4v) is 3.03. The zero-order valence-corrected chi connectivity index (χ0v) is 15.6. The van der Waals surface area contributed by atoms with Crippen LogP contribution in [0.2, 0.25) is 0 Å². The summed E-state index contributed by atoms with van der Waals surface area (Å²) < 4.78 is 50.3. The number of ether oxygens (including phenoxy) is 2. The van der Waals surface area contributed by atoms with Crippen LogP contribution in [0.3, 0.4) is 0 Å². The summed E-state index contributed by atoms with van der Waals surface area (Å²) in [6.45, 7) is -0.177. The number of carbonyl (C=O) groups is 1. The highest BCUT2D eigenvalue weighted by molar-refractivity contribution is 6.07. The molecular formula is C20H18F3N3O3. The van der Waals surface area contributed by atoms with Crippen molar-refractivity contribution in [2.24, 2.45) is 5.73 Å². The lowest BCUT2D eigenvalue weighted by atomic mass is 10.0. The molecule has 1 amide bonds. The summed E-state index contributed by atoms with van der Waals surface area (Å²) >= 11 is 0. The van der Waals surface area contributed by atoms with E-state index in [1.165, 1.54) is 38.6 Å². The lowest BCUT2D eigenvalue weighted by Gasteiger charge is -2.17. The number of hydrogen-bond acceptors (Lipinski definition) is 5. The number of amides is 1. The lowest BCUT2D eigenvalue weighted by molar-refractivity contribution is -0.138. The Kier molecular flexibility index (Phi) is 5.49. The monoisotopic (exact) mass is 405 g/mol. The van der Waals surface area contributed by atoms with Crippen LogP contribution in [0.5, 0.6) is 11.5 Å². The Labute approximate surface area is 164 Å². The summed E-state index contributed by atoms with van der Waals surface area (Å²) in [7, 11) is 2.91. The molecule has 29 heavy (non-hydrogen) atoms. The third-order valence-electron chi connectivity index (χ3n) is 4.42. The van der Waals surface area contributed by atoms with Gasteiger partial charge in [0.15, 0.2) is 11.5 Å². The zero-order valence-electron chi connectivity index (χ0n) is 15.6. The first-order valence-corrected chi connectivity index (χ1v) is 8.49. The van der Waals surface area contributed by atoms with E-state index < -0.39 is 17.6 Å². The molecule has 0 atom stereocenters. The number of anilines is 1. The molecule has 0 aliphatic heterocycles. The van der Waals surface area contributed by atoms with Gasteiger partial charge in [-0.15, -0.1) is 0 Å². The van der Waals surface area contributed by atoms with Gasteiger partial charge in [0.2, 0.25) is 0 Å². The quantitative estimate of drug-likeness (QED) is 0.648. The van der Waals surface area contributed by atoms with Crippen molar-refractivity contribution < 1.29 is 27.4 Å². The minimum absolute atomic E-state index is 0.0286. The number of carbonyl (C=O) groups excluding carboxylic acids is 1. The van der Waals surface area contributed by atoms with Crippen molar-refractivity contribution in [1.29, 1.82) is 0 Å². The predicted octanol–water partition coefficient (Wildman–Crippen LogP) is 3.98. The molecule has 0 radical (unpaired) electrons. The topological polar surface area (TPSA) is 86.5 Å². The highest BCUT2D eigenvalue weighted by Crippen LogP contribution is 2.37. The van der Waals surface area contributed by atoms with Crippen LogP contribution >= 0.6 is 0 Å². The summed E-state index contributed by atoms with van der Waals surface area (Å²) in [5.41, 5.74) is 5.49. The van der Waals surface area contributed by atoms with Crippen molar-refractivity contribution in [3.8, 4) is 11.5 Å². The summed E-state index contributed by atoms with van der Waals surface area (Å²) in [6.07, 6.45) is -3.23. The Balaban J connectivity index is 2.11. The van der Waals surface area contributed by atoms with Gasteiger partial charge in [0, 0.05) is 24.2 Å². The van der Waals surface area contributed by atoms with Crippen molar-refractivity contribution in [2.75, 3.05) is 19.5 Å². The van der Waals surface area contributed by atoms with Crippen molar-refractivity contribution in [3.63, 3.8) is 0 Å². The van der Waals surface area contributed by atoms with Gasteiger partial charge in [-0.3, -0.25) is 9.78 Å². The second kappa shape index (κ2) is 7.86. The smallest absolute Gasteiger partial charge is 0.416 e. The number of rotatable bonds is 6. The highest BCUT2D eigenvalue weighted by atomic mass is 19.4. The summed E-state index contributed by atoms with van der Waals surface area (Å²) in [5, 5.41) is 3.38. The van der Waals surface area contributed by atoms with Crippen molar-refractivity contribution in [1.82, 2.24) is 4.98 Å². The van der Waals surface area contributed by atoms with Crippen LogP contribution in [0.15, 0.2) is 42.6 Å². The van der Waals surface area contributed by atoms with Gasteiger partial charge in [-0.25, -0.2) is 0 Å². The van der Waals surface area contributed by atoms with Crippen LogP contribution in [-0.4, -0.2) is 25.1 Å². The Morgan fingerprint density at radius 2 is 1.79 bits per heavy atom. The molecule has 0 saturated heterocycles. The van der Waals surface area contributed by atoms with Crippen molar-refractivity contribution >= 4 is 22.5 Å². The number of pyridine rings is 1. The molecule has 0 bridgehead atoms. The van der Waals surface area contributed by atoms with Crippen LogP contribution in [0.1, 0.15) is 21.5 Å². The fourth-order valence-electron chi connectivity index (χ4n) is 3.03. The molecule has 1 heterocycles. The molecule has 1 aromatic heterocycles. The predicted molar refractivity (Wildman–Crippen MR) is 102 cm³/mol. The maximum atomic E-state index is 13.3. The third kappa shape index (κ3) is 4.03. The standard InChI is InChI=1S/C20H18F3N3O3/c1-28-16-7-12-15(8-17(16)29-2)25-10-13(19(24)27)18(12)26-9-11-5-3-4-6-14(11)20(21,22)23/h3-8,10H,9H2,1-2H3,(H2,24,27)(H,25,26). The molecule has 9 heteroatoms. The molecule has 3 N–H and O–H groups in total. The van der Waals surface area contributed by atoms with Gasteiger partial charge in [-0.2, -0.15) is 13.2 Å². The van der Waals surface area contributed by atoms with E-state index in [0.717, 1.165) is 6.07 Å². The molecule has 3 aromatic rings. The normalized spacial score (nSPS) is 11.3. The number of methoxy groups -OCH3 is 2. The zero-order chi connectivity index (χ0) is 21.2. The van der Waals surface area contributed by atoms with E-state index in [0.29, 0.717) is 22.4 Å². The molecule has 0 spiro atoms. The van der Waals surface area contributed by atoms with Gasteiger partial charge in [-0.05, 0) is 17.7 Å². The van der Waals surface area contributed by atoms with Crippen molar-refractivity contribution in [3.05, 3.63) is 59.3 Å². The lowest BCUT2D eigenvalue weighted by Crippen LogP contribution is -2.17. The molecule has 0 fully saturated rings. The number of nitrogens with zero attached hydrogens (tertiary/aromatic N) is 1. The molecule has 6 nitrogen and oxygen atoms in total. The Bertz CT molecular complexity index is 1070. The summed E-state index contributed by atoms with van der Waals surface area (Å²) in [6, 6.07) is 8.40. The van der Waals surface area contributed by atoms with Gasteiger partial charge >= 0.3 is 6.18 Å². The first-order valence-electron chi connectivity index (χ1n) is 8.49. The first kappa shape index (κ1) is 20.2. The van der Waals surface area contributed by atoms with Crippen LogP contribution in [0.4, 0.5) is 18.9 Å². The van der Waals surface area contributed by atoms with E-state index in [-0.39, 0.29) is 23.4 Å². The number of fused-ring (bicyclic) bond motifs is 1. The Morgan fingerprint density at radius 3 is 2.41 bits per heavy atom. The molecular weight excluding hydrogens is 387 g/mol. The van der Waals surface area contributed by atoms with E-state index in [1.54, 1.807) is 12.1 Å². The number of nitrogens with two attached hydrogens (primary N) is 1. The maximum Gasteiger partial charge on any atom is 0.416 e. The average Bonchev–Trinajstić information content (AvgIpc) is 2.70. The SMILES string of the molecule is COc1cc2ncc(C(N)=O)c(NCc3ccccc3C(F)(F)F)c2cc1OC.